The van der Waals surface area contributed by atoms with E-state index >= 15 is 0 Å². The first-order valence-electron chi connectivity index (χ1n) is 4.53. The molecule has 0 fully saturated rings. The smallest absolute Gasteiger partial charge is 0.247 e. The summed E-state index contributed by atoms with van der Waals surface area (Å²) in [6.07, 6.45) is 0.873. The molecule has 0 atom stereocenters. The lowest BCUT2D eigenvalue weighted by molar-refractivity contribution is 0.595. The highest BCUT2D eigenvalue weighted by Gasteiger charge is 2.19. The predicted molar refractivity (Wildman–Crippen MR) is 71.1 cm³/mol. The molecule has 17 heavy (non-hydrogen) atoms. The van der Waals surface area contributed by atoms with Crippen molar-refractivity contribution in [2.75, 3.05) is 16.1 Å². The zero-order valence-corrected chi connectivity index (χ0v) is 12.5. The normalized spacial score (nSPS) is 12.4. The minimum atomic E-state index is -3.90. The van der Waals surface area contributed by atoms with E-state index in [0.29, 0.717) is 10.2 Å². The highest BCUT2D eigenvalue weighted by atomic mass is 79.9. The number of hydrogen-bond donors (Lipinski definition) is 1. The number of sulfone groups is 1. The summed E-state index contributed by atoms with van der Waals surface area (Å²) in [6, 6.07) is 5.11. The number of rotatable bonds is 4. The van der Waals surface area contributed by atoms with E-state index in [-0.39, 0.29) is 0 Å². The summed E-state index contributed by atoms with van der Waals surface area (Å²) >= 11 is 3.19. The average molecular weight is 342 g/mol. The molecule has 0 saturated heterocycles. The molecular formula is C9H12BrNO4S2. The van der Waals surface area contributed by atoms with Gasteiger partial charge in [0.25, 0.3) is 0 Å². The fourth-order valence-corrected chi connectivity index (χ4v) is 4.67. The van der Waals surface area contributed by atoms with E-state index in [4.69, 9.17) is 0 Å². The van der Waals surface area contributed by atoms with Crippen LogP contribution < -0.4 is 4.72 Å². The molecular weight excluding hydrogens is 330 g/mol. The molecule has 96 valence electrons. The Morgan fingerprint density at radius 2 is 1.82 bits per heavy atom. The summed E-state index contributed by atoms with van der Waals surface area (Å²) in [5.41, 5.74) is 1.19. The van der Waals surface area contributed by atoms with E-state index in [1.54, 1.807) is 25.1 Å². The van der Waals surface area contributed by atoms with Gasteiger partial charge in [0.05, 0.1) is 5.69 Å². The van der Waals surface area contributed by atoms with Crippen LogP contribution in [0.15, 0.2) is 22.7 Å². The Labute approximate surface area is 109 Å². The van der Waals surface area contributed by atoms with Gasteiger partial charge < -0.3 is 0 Å². The van der Waals surface area contributed by atoms with Crippen LogP contribution in [0.25, 0.3) is 0 Å². The maximum absolute atomic E-state index is 11.6. The highest BCUT2D eigenvalue weighted by molar-refractivity contribution is 9.10. The molecule has 0 heterocycles. The van der Waals surface area contributed by atoms with Crippen molar-refractivity contribution in [3.8, 4) is 0 Å². The fourth-order valence-electron chi connectivity index (χ4n) is 1.20. The minimum Gasteiger partial charge on any atom is -0.282 e. The fraction of sp³-hybridized carbons (Fsp3) is 0.333. The van der Waals surface area contributed by atoms with E-state index in [0.717, 1.165) is 11.8 Å². The molecule has 0 radical (unpaired) electrons. The number of benzene rings is 1. The second-order valence-corrected chi connectivity index (χ2v) is 8.83. The molecule has 0 aliphatic rings. The standard InChI is InChI=1S/C9H12BrNO4S2/c1-7-3-4-8(10)9(5-7)11-17(14,15)6-16(2,12)13/h3-5,11H,6H2,1-2H3. The van der Waals surface area contributed by atoms with E-state index in [1.807, 2.05) is 0 Å². The van der Waals surface area contributed by atoms with Crippen molar-refractivity contribution in [1.29, 1.82) is 0 Å². The van der Waals surface area contributed by atoms with Crippen molar-refractivity contribution >= 4 is 41.5 Å². The Bertz CT molecular complexity index is 622. The monoisotopic (exact) mass is 341 g/mol. The summed E-state index contributed by atoms with van der Waals surface area (Å²) < 4.78 is 47.8. The molecule has 8 heteroatoms. The van der Waals surface area contributed by atoms with E-state index in [1.165, 1.54) is 0 Å². The largest absolute Gasteiger partial charge is 0.282 e. The number of anilines is 1. The quantitative estimate of drug-likeness (QED) is 0.899. The van der Waals surface area contributed by atoms with Crippen molar-refractivity contribution in [3.05, 3.63) is 28.2 Å². The molecule has 0 aromatic heterocycles. The van der Waals surface area contributed by atoms with Gasteiger partial charge in [-0.25, -0.2) is 16.8 Å². The number of halogens is 1. The van der Waals surface area contributed by atoms with Crippen LogP contribution in [0, 0.1) is 6.92 Å². The minimum absolute atomic E-state index is 0.327. The van der Waals surface area contributed by atoms with Crippen LogP contribution in [0.2, 0.25) is 0 Å². The maximum Gasteiger partial charge on any atom is 0.247 e. The zero-order chi connectivity index (χ0) is 13.3. The lowest BCUT2D eigenvalue weighted by atomic mass is 10.2. The molecule has 0 bridgehead atoms. The first kappa shape index (κ1) is 14.5. The van der Waals surface area contributed by atoms with Gasteiger partial charge in [-0.3, -0.25) is 4.72 Å². The first-order valence-corrected chi connectivity index (χ1v) is 9.04. The Hall–Kier alpha value is -0.600. The van der Waals surface area contributed by atoms with Crippen LogP contribution in [0.3, 0.4) is 0 Å². The van der Waals surface area contributed by atoms with Gasteiger partial charge in [-0.1, -0.05) is 6.07 Å². The topological polar surface area (TPSA) is 80.3 Å². The Balaban J connectivity index is 3.02. The Kier molecular flexibility index (Phi) is 4.21. The van der Waals surface area contributed by atoms with Crippen molar-refractivity contribution < 1.29 is 16.8 Å². The molecule has 0 aliphatic heterocycles. The van der Waals surface area contributed by atoms with Gasteiger partial charge in [0.2, 0.25) is 10.0 Å². The van der Waals surface area contributed by atoms with Crippen LogP contribution in [-0.4, -0.2) is 28.2 Å². The number of aryl methyl sites for hydroxylation is 1. The molecule has 0 saturated carbocycles. The van der Waals surface area contributed by atoms with Crippen molar-refractivity contribution in [2.45, 2.75) is 6.92 Å². The van der Waals surface area contributed by atoms with Crippen LogP contribution >= 0.6 is 15.9 Å². The summed E-state index contributed by atoms with van der Waals surface area (Å²) in [7, 11) is -7.49. The van der Waals surface area contributed by atoms with Crippen LogP contribution in [0.1, 0.15) is 5.56 Å². The maximum atomic E-state index is 11.6. The highest BCUT2D eigenvalue weighted by Crippen LogP contribution is 2.24. The summed E-state index contributed by atoms with van der Waals surface area (Å²) in [4.78, 5) is 0. The molecule has 1 N–H and O–H groups in total. The van der Waals surface area contributed by atoms with Crippen LogP contribution in [-0.2, 0) is 19.9 Å². The third-order valence-corrected chi connectivity index (χ3v) is 5.93. The van der Waals surface area contributed by atoms with Crippen LogP contribution in [0.4, 0.5) is 5.69 Å². The SMILES string of the molecule is Cc1ccc(Br)c(NS(=O)(=O)CS(C)(=O)=O)c1. The molecule has 1 aromatic carbocycles. The molecule has 1 rings (SSSR count). The first-order chi connectivity index (χ1) is 7.59. The van der Waals surface area contributed by atoms with Gasteiger partial charge in [0.15, 0.2) is 14.9 Å². The van der Waals surface area contributed by atoms with Crippen molar-refractivity contribution in [2.24, 2.45) is 0 Å². The molecule has 5 nitrogen and oxygen atoms in total. The number of hydrogen-bond acceptors (Lipinski definition) is 4. The third-order valence-electron chi connectivity index (χ3n) is 1.76. The zero-order valence-electron chi connectivity index (χ0n) is 9.27. The van der Waals surface area contributed by atoms with Crippen molar-refractivity contribution in [3.63, 3.8) is 0 Å². The van der Waals surface area contributed by atoms with Gasteiger partial charge in [-0.05, 0) is 40.5 Å². The van der Waals surface area contributed by atoms with Gasteiger partial charge in [0.1, 0.15) is 0 Å². The van der Waals surface area contributed by atoms with Crippen molar-refractivity contribution in [1.82, 2.24) is 0 Å². The Morgan fingerprint density at radius 3 is 2.35 bits per heavy atom. The average Bonchev–Trinajstić information content (AvgIpc) is 2.06. The van der Waals surface area contributed by atoms with Crippen LogP contribution in [0.5, 0.6) is 0 Å². The van der Waals surface area contributed by atoms with E-state index in [2.05, 4.69) is 20.7 Å². The molecule has 0 unspecified atom stereocenters. The van der Waals surface area contributed by atoms with Gasteiger partial charge in [0, 0.05) is 10.7 Å². The molecule has 0 amide bonds. The second-order valence-electron chi connectivity index (χ2n) is 3.74. The second kappa shape index (κ2) is 4.95. The molecule has 0 aliphatic carbocycles. The molecule has 0 spiro atoms. The third kappa shape index (κ3) is 5.05. The summed E-state index contributed by atoms with van der Waals surface area (Å²) in [6.45, 7) is 1.81. The van der Waals surface area contributed by atoms with Gasteiger partial charge >= 0.3 is 0 Å². The number of sulfonamides is 1. The van der Waals surface area contributed by atoms with Gasteiger partial charge in [-0.2, -0.15) is 0 Å². The lowest BCUT2D eigenvalue weighted by Gasteiger charge is -2.09. The van der Waals surface area contributed by atoms with E-state index < -0.39 is 24.9 Å². The number of nitrogens with one attached hydrogen (secondary N) is 1. The van der Waals surface area contributed by atoms with Gasteiger partial charge in [-0.15, -0.1) is 0 Å². The summed E-state index contributed by atoms with van der Waals surface area (Å²) in [5, 5.41) is -0.930. The Morgan fingerprint density at radius 1 is 1.24 bits per heavy atom. The molecule has 1 aromatic rings. The predicted octanol–water partition coefficient (Wildman–Crippen LogP) is 1.50. The summed E-state index contributed by atoms with van der Waals surface area (Å²) in [5.74, 6) is 0. The van der Waals surface area contributed by atoms with E-state index in [9.17, 15) is 16.8 Å². The lowest BCUT2D eigenvalue weighted by Crippen LogP contribution is -2.22.